The summed E-state index contributed by atoms with van der Waals surface area (Å²) in [6, 6.07) is 13.2. The molecule has 0 spiro atoms. The van der Waals surface area contributed by atoms with Crippen LogP contribution in [0, 0.1) is 6.92 Å². The monoisotopic (exact) mass is 422 g/mol. The van der Waals surface area contributed by atoms with E-state index in [-0.39, 0.29) is 24.0 Å². The van der Waals surface area contributed by atoms with Crippen molar-refractivity contribution >= 4 is 40.7 Å². The predicted octanol–water partition coefficient (Wildman–Crippen LogP) is 4.24. The summed E-state index contributed by atoms with van der Waals surface area (Å²) in [5.74, 6) is -0.102. The number of carbonyl (C=O) groups excluding carboxylic acids is 3. The molecule has 0 bridgehead atoms. The lowest BCUT2D eigenvalue weighted by molar-refractivity contribution is -0.123. The summed E-state index contributed by atoms with van der Waals surface area (Å²) in [5, 5.41) is 10.7. The van der Waals surface area contributed by atoms with E-state index < -0.39 is 6.04 Å². The SMILES string of the molecule is CC(=O)c1ccc(NC(=O)CC2C(=O)Nc3c(-c4cccc(Cl)c4)c(C)nn32)cc1. The fourth-order valence-electron chi connectivity index (χ4n) is 3.55. The van der Waals surface area contributed by atoms with E-state index in [9.17, 15) is 14.4 Å². The summed E-state index contributed by atoms with van der Waals surface area (Å²) >= 11 is 6.11. The number of benzene rings is 2. The van der Waals surface area contributed by atoms with Crippen molar-refractivity contribution in [2.24, 2.45) is 0 Å². The molecule has 3 aromatic rings. The lowest BCUT2D eigenvalue weighted by atomic mass is 10.1. The third kappa shape index (κ3) is 3.71. The van der Waals surface area contributed by atoms with Crippen molar-refractivity contribution in [3.63, 3.8) is 0 Å². The van der Waals surface area contributed by atoms with Crippen LogP contribution < -0.4 is 10.6 Å². The van der Waals surface area contributed by atoms with Gasteiger partial charge in [0.25, 0.3) is 5.91 Å². The van der Waals surface area contributed by atoms with Crippen molar-refractivity contribution in [3.8, 4) is 11.1 Å². The zero-order valence-electron chi connectivity index (χ0n) is 16.4. The molecule has 1 unspecified atom stereocenters. The molecule has 8 heteroatoms. The highest BCUT2D eigenvalue weighted by Gasteiger charge is 2.36. The molecule has 2 aromatic carbocycles. The largest absolute Gasteiger partial charge is 0.326 e. The van der Waals surface area contributed by atoms with Gasteiger partial charge in [0, 0.05) is 21.8 Å². The van der Waals surface area contributed by atoms with E-state index in [1.165, 1.54) is 6.92 Å². The third-order valence-electron chi connectivity index (χ3n) is 4.99. The van der Waals surface area contributed by atoms with Gasteiger partial charge in [-0.3, -0.25) is 14.4 Å². The van der Waals surface area contributed by atoms with Gasteiger partial charge in [-0.15, -0.1) is 0 Å². The molecule has 2 amide bonds. The zero-order valence-corrected chi connectivity index (χ0v) is 17.2. The van der Waals surface area contributed by atoms with Crippen LogP contribution in [-0.4, -0.2) is 27.4 Å². The molecule has 1 aromatic heterocycles. The molecule has 0 radical (unpaired) electrons. The minimum absolute atomic E-state index is 0.0485. The van der Waals surface area contributed by atoms with E-state index in [1.807, 2.05) is 25.1 Å². The maximum absolute atomic E-state index is 12.5. The van der Waals surface area contributed by atoms with E-state index >= 15 is 0 Å². The Morgan fingerprint density at radius 2 is 1.93 bits per heavy atom. The van der Waals surface area contributed by atoms with E-state index in [0.29, 0.717) is 22.1 Å². The lowest BCUT2D eigenvalue weighted by Crippen LogP contribution is -2.23. The van der Waals surface area contributed by atoms with Crippen LogP contribution in [-0.2, 0) is 9.59 Å². The van der Waals surface area contributed by atoms with Gasteiger partial charge < -0.3 is 10.6 Å². The lowest BCUT2D eigenvalue weighted by Gasteiger charge is -2.10. The number of fused-ring (bicyclic) bond motifs is 1. The first-order valence-electron chi connectivity index (χ1n) is 9.40. The van der Waals surface area contributed by atoms with Gasteiger partial charge in [0.15, 0.2) is 5.78 Å². The normalized spacial score (nSPS) is 14.9. The van der Waals surface area contributed by atoms with Gasteiger partial charge in [-0.1, -0.05) is 23.7 Å². The molecule has 0 saturated heterocycles. The average Bonchev–Trinajstić information content (AvgIpc) is 3.16. The van der Waals surface area contributed by atoms with Gasteiger partial charge in [-0.25, -0.2) is 4.68 Å². The second kappa shape index (κ2) is 7.76. The number of nitrogens with zero attached hydrogens (tertiary/aromatic N) is 2. The Hall–Kier alpha value is -3.45. The van der Waals surface area contributed by atoms with Crippen LogP contribution in [0.5, 0.6) is 0 Å². The smallest absolute Gasteiger partial charge is 0.251 e. The average molecular weight is 423 g/mol. The molecule has 2 heterocycles. The topological polar surface area (TPSA) is 93.1 Å². The van der Waals surface area contributed by atoms with E-state index in [0.717, 1.165) is 16.8 Å². The second-order valence-electron chi connectivity index (χ2n) is 7.15. The van der Waals surface area contributed by atoms with Crippen LogP contribution in [0.15, 0.2) is 48.5 Å². The standard InChI is InChI=1S/C22H19ClN4O3/c1-12-20(15-4-3-5-16(23)10-15)21-25-22(30)18(27(21)26-12)11-19(29)24-17-8-6-14(7-9-17)13(2)28/h3-10,18H,11H2,1-2H3,(H,24,29)(H,25,30). The summed E-state index contributed by atoms with van der Waals surface area (Å²) in [4.78, 5) is 36.4. The van der Waals surface area contributed by atoms with Crippen molar-refractivity contribution in [3.05, 3.63) is 64.8 Å². The van der Waals surface area contributed by atoms with E-state index in [1.54, 1.807) is 35.0 Å². The first-order chi connectivity index (χ1) is 14.3. The number of ketones is 1. The molecule has 2 N–H and O–H groups in total. The molecular formula is C22H19ClN4O3. The van der Waals surface area contributed by atoms with E-state index in [4.69, 9.17) is 11.6 Å². The van der Waals surface area contributed by atoms with Gasteiger partial charge in [0.05, 0.1) is 12.1 Å². The van der Waals surface area contributed by atoms with Crippen molar-refractivity contribution in [2.45, 2.75) is 26.3 Å². The summed E-state index contributed by atoms with van der Waals surface area (Å²) < 4.78 is 1.56. The summed E-state index contributed by atoms with van der Waals surface area (Å²) in [6.07, 6.45) is -0.0661. The molecule has 1 aliphatic heterocycles. The second-order valence-corrected chi connectivity index (χ2v) is 7.59. The molecule has 0 aliphatic carbocycles. The number of halogens is 1. The van der Waals surface area contributed by atoms with Crippen molar-refractivity contribution in [2.75, 3.05) is 10.6 Å². The minimum atomic E-state index is -0.747. The fraction of sp³-hybridized carbons (Fsp3) is 0.182. The molecule has 152 valence electrons. The quantitative estimate of drug-likeness (QED) is 0.601. The van der Waals surface area contributed by atoms with Gasteiger partial charge >= 0.3 is 0 Å². The number of aryl methyl sites for hydroxylation is 1. The fourth-order valence-corrected chi connectivity index (χ4v) is 3.74. The van der Waals surface area contributed by atoms with Crippen LogP contribution in [0.1, 0.15) is 35.4 Å². The first kappa shape index (κ1) is 19.8. The molecule has 4 rings (SSSR count). The van der Waals surface area contributed by atoms with Crippen molar-refractivity contribution in [1.29, 1.82) is 0 Å². The number of nitrogens with one attached hydrogen (secondary N) is 2. The predicted molar refractivity (Wildman–Crippen MR) is 115 cm³/mol. The van der Waals surface area contributed by atoms with Crippen molar-refractivity contribution in [1.82, 2.24) is 9.78 Å². The Morgan fingerprint density at radius 3 is 2.60 bits per heavy atom. The van der Waals surface area contributed by atoms with Gasteiger partial charge in [-0.05, 0) is 55.8 Å². The van der Waals surface area contributed by atoms with Crippen LogP contribution in [0.25, 0.3) is 11.1 Å². The molecular weight excluding hydrogens is 404 g/mol. The summed E-state index contributed by atoms with van der Waals surface area (Å²) in [6.45, 7) is 3.33. The number of amides is 2. The zero-order chi connectivity index (χ0) is 21.4. The maximum Gasteiger partial charge on any atom is 0.251 e. The Kier molecular flexibility index (Phi) is 5.13. The highest BCUT2D eigenvalue weighted by atomic mass is 35.5. The molecule has 7 nitrogen and oxygen atoms in total. The van der Waals surface area contributed by atoms with Gasteiger partial charge in [-0.2, -0.15) is 5.10 Å². The number of hydrogen-bond acceptors (Lipinski definition) is 4. The number of aromatic nitrogens is 2. The van der Waals surface area contributed by atoms with Gasteiger partial charge in [0.2, 0.25) is 5.91 Å². The van der Waals surface area contributed by atoms with Crippen LogP contribution in [0.3, 0.4) is 0 Å². The summed E-state index contributed by atoms with van der Waals surface area (Å²) in [7, 11) is 0. The first-order valence-corrected chi connectivity index (χ1v) is 9.78. The molecule has 1 aliphatic rings. The Morgan fingerprint density at radius 1 is 1.20 bits per heavy atom. The highest BCUT2D eigenvalue weighted by Crippen LogP contribution is 2.38. The number of Topliss-reactive ketones (excluding diaryl/α,β-unsaturated/α-hetero) is 1. The van der Waals surface area contributed by atoms with Gasteiger partial charge in [0.1, 0.15) is 11.9 Å². The number of anilines is 2. The summed E-state index contributed by atoms with van der Waals surface area (Å²) in [5.41, 5.74) is 3.48. The van der Waals surface area contributed by atoms with Crippen LogP contribution in [0.2, 0.25) is 5.02 Å². The van der Waals surface area contributed by atoms with E-state index in [2.05, 4.69) is 15.7 Å². The van der Waals surface area contributed by atoms with Crippen LogP contribution in [0.4, 0.5) is 11.5 Å². The molecule has 0 fully saturated rings. The number of rotatable bonds is 5. The molecule has 0 saturated carbocycles. The van der Waals surface area contributed by atoms with Crippen LogP contribution >= 0.6 is 11.6 Å². The third-order valence-corrected chi connectivity index (χ3v) is 5.23. The Balaban J connectivity index is 1.54. The molecule has 1 atom stereocenters. The Bertz CT molecular complexity index is 1170. The number of hydrogen-bond donors (Lipinski definition) is 2. The maximum atomic E-state index is 12.5. The van der Waals surface area contributed by atoms with Crippen molar-refractivity contribution < 1.29 is 14.4 Å². The minimum Gasteiger partial charge on any atom is -0.326 e. The Labute approximate surface area is 178 Å². The number of carbonyl (C=O) groups is 3. The molecule has 30 heavy (non-hydrogen) atoms. The highest BCUT2D eigenvalue weighted by molar-refractivity contribution is 6.30.